The van der Waals surface area contributed by atoms with E-state index in [1.165, 1.54) is 4.90 Å². The molecule has 0 bridgehead atoms. The minimum absolute atomic E-state index is 0.202. The third kappa shape index (κ3) is 2.94. The van der Waals surface area contributed by atoms with Crippen molar-refractivity contribution in [1.82, 2.24) is 14.9 Å². The standard InChI is InChI=1S/C19H17N3O3S/c1-25-12-7-8-15-16(11-12)21-19(20-15)26-10-4-9-22-17(23)13-5-2-3-6-14(13)18(22)24/h2-3,5-8,11H,4,9-10H2,1H3,(H,20,21). The Hall–Kier alpha value is -2.80. The average Bonchev–Trinajstić information content (AvgIpc) is 3.18. The Balaban J connectivity index is 1.35. The third-order valence-corrected chi connectivity index (χ3v) is 5.27. The molecule has 26 heavy (non-hydrogen) atoms. The number of ether oxygens (including phenoxy) is 1. The third-order valence-electron chi connectivity index (χ3n) is 4.31. The molecule has 2 heterocycles. The molecule has 0 saturated carbocycles. The lowest BCUT2D eigenvalue weighted by Gasteiger charge is -2.12. The second kappa shape index (κ2) is 6.84. The maximum atomic E-state index is 12.3. The highest BCUT2D eigenvalue weighted by Crippen LogP contribution is 2.25. The summed E-state index contributed by atoms with van der Waals surface area (Å²) in [5.41, 5.74) is 2.80. The second-order valence-electron chi connectivity index (χ2n) is 5.93. The number of rotatable bonds is 6. The molecule has 0 atom stereocenters. The quantitative estimate of drug-likeness (QED) is 0.411. The number of carbonyl (C=O) groups is 2. The molecule has 2 aromatic carbocycles. The van der Waals surface area contributed by atoms with Gasteiger partial charge in [-0.3, -0.25) is 14.5 Å². The summed E-state index contributed by atoms with van der Waals surface area (Å²) in [6, 6.07) is 12.7. The van der Waals surface area contributed by atoms with Crippen molar-refractivity contribution in [1.29, 1.82) is 0 Å². The van der Waals surface area contributed by atoms with Gasteiger partial charge in [0.05, 0.1) is 29.3 Å². The number of hydrogen-bond acceptors (Lipinski definition) is 5. The van der Waals surface area contributed by atoms with Gasteiger partial charge in [0, 0.05) is 18.4 Å². The number of aromatic amines is 1. The molecule has 1 aromatic heterocycles. The highest BCUT2D eigenvalue weighted by Gasteiger charge is 2.34. The van der Waals surface area contributed by atoms with E-state index in [0.717, 1.165) is 27.7 Å². The van der Waals surface area contributed by atoms with Gasteiger partial charge < -0.3 is 9.72 Å². The fraction of sp³-hybridized carbons (Fsp3) is 0.211. The van der Waals surface area contributed by atoms with Crippen LogP contribution in [-0.4, -0.2) is 46.1 Å². The maximum absolute atomic E-state index is 12.3. The lowest BCUT2D eigenvalue weighted by Crippen LogP contribution is -2.30. The van der Waals surface area contributed by atoms with Crippen LogP contribution in [0.15, 0.2) is 47.6 Å². The molecule has 2 amide bonds. The van der Waals surface area contributed by atoms with Gasteiger partial charge in [0.1, 0.15) is 5.75 Å². The molecular weight excluding hydrogens is 350 g/mol. The largest absolute Gasteiger partial charge is 0.497 e. The number of H-pyrrole nitrogens is 1. The number of thioether (sulfide) groups is 1. The van der Waals surface area contributed by atoms with Crippen molar-refractivity contribution in [2.75, 3.05) is 19.4 Å². The zero-order valence-corrected chi connectivity index (χ0v) is 15.0. The Morgan fingerprint density at radius 2 is 1.85 bits per heavy atom. The Labute approximate surface area is 154 Å². The molecule has 0 saturated heterocycles. The summed E-state index contributed by atoms with van der Waals surface area (Å²) in [4.78, 5) is 33.7. The average molecular weight is 367 g/mol. The molecule has 1 aliphatic heterocycles. The fourth-order valence-electron chi connectivity index (χ4n) is 2.99. The van der Waals surface area contributed by atoms with Crippen molar-refractivity contribution in [2.24, 2.45) is 0 Å². The summed E-state index contributed by atoms with van der Waals surface area (Å²) in [5.74, 6) is 1.13. The van der Waals surface area contributed by atoms with E-state index in [1.54, 1.807) is 43.1 Å². The van der Waals surface area contributed by atoms with Crippen LogP contribution in [-0.2, 0) is 0 Å². The van der Waals surface area contributed by atoms with Gasteiger partial charge in [0.25, 0.3) is 11.8 Å². The summed E-state index contributed by atoms with van der Waals surface area (Å²) in [6.45, 7) is 0.410. The van der Waals surface area contributed by atoms with Crippen molar-refractivity contribution in [3.8, 4) is 5.75 Å². The molecular formula is C19H17N3O3S. The molecule has 3 aromatic rings. The van der Waals surface area contributed by atoms with Gasteiger partial charge in [-0.05, 0) is 30.7 Å². The van der Waals surface area contributed by atoms with Gasteiger partial charge >= 0.3 is 0 Å². The normalized spacial score (nSPS) is 13.5. The molecule has 132 valence electrons. The predicted molar refractivity (Wildman–Crippen MR) is 99.8 cm³/mol. The first-order valence-corrected chi connectivity index (χ1v) is 9.28. The van der Waals surface area contributed by atoms with Gasteiger partial charge in [0.15, 0.2) is 5.16 Å². The summed E-state index contributed by atoms with van der Waals surface area (Å²) in [5, 5.41) is 0.815. The van der Waals surface area contributed by atoms with Crippen LogP contribution >= 0.6 is 11.8 Å². The molecule has 4 rings (SSSR count). The molecule has 1 N–H and O–H groups in total. The van der Waals surface area contributed by atoms with E-state index in [-0.39, 0.29) is 11.8 Å². The van der Waals surface area contributed by atoms with Gasteiger partial charge in [-0.25, -0.2) is 4.98 Å². The van der Waals surface area contributed by atoms with Crippen LogP contribution in [0.1, 0.15) is 27.1 Å². The van der Waals surface area contributed by atoms with Crippen molar-refractivity contribution >= 4 is 34.6 Å². The van der Waals surface area contributed by atoms with E-state index in [9.17, 15) is 9.59 Å². The van der Waals surface area contributed by atoms with Gasteiger partial charge in [-0.2, -0.15) is 0 Å². The number of benzene rings is 2. The van der Waals surface area contributed by atoms with Crippen LogP contribution in [0.5, 0.6) is 5.75 Å². The van der Waals surface area contributed by atoms with Crippen molar-refractivity contribution in [3.05, 3.63) is 53.6 Å². The number of methoxy groups -OCH3 is 1. The molecule has 0 aliphatic carbocycles. The minimum atomic E-state index is -0.202. The first-order valence-electron chi connectivity index (χ1n) is 8.29. The number of imidazole rings is 1. The van der Waals surface area contributed by atoms with Crippen LogP contribution in [0.25, 0.3) is 11.0 Å². The minimum Gasteiger partial charge on any atom is -0.497 e. The number of nitrogens with zero attached hydrogens (tertiary/aromatic N) is 2. The molecule has 1 aliphatic rings. The number of imide groups is 1. The zero-order valence-electron chi connectivity index (χ0n) is 14.2. The van der Waals surface area contributed by atoms with Gasteiger partial charge in [-0.1, -0.05) is 23.9 Å². The van der Waals surface area contributed by atoms with Crippen molar-refractivity contribution in [2.45, 2.75) is 11.6 Å². The Morgan fingerprint density at radius 3 is 2.54 bits per heavy atom. The number of amides is 2. The number of hydrogen-bond donors (Lipinski definition) is 1. The molecule has 0 unspecified atom stereocenters. The number of fused-ring (bicyclic) bond motifs is 2. The second-order valence-corrected chi connectivity index (χ2v) is 7.02. The molecule has 7 heteroatoms. The Kier molecular flexibility index (Phi) is 4.38. The van der Waals surface area contributed by atoms with Gasteiger partial charge in [0.2, 0.25) is 0 Å². The van der Waals surface area contributed by atoms with Crippen LogP contribution in [0.4, 0.5) is 0 Å². The van der Waals surface area contributed by atoms with Crippen LogP contribution in [0, 0.1) is 0 Å². The highest BCUT2D eigenvalue weighted by atomic mass is 32.2. The summed E-state index contributed by atoms with van der Waals surface area (Å²) < 4.78 is 5.21. The van der Waals surface area contributed by atoms with E-state index >= 15 is 0 Å². The molecule has 0 spiro atoms. The molecule has 0 fully saturated rings. The van der Waals surface area contributed by atoms with Gasteiger partial charge in [-0.15, -0.1) is 0 Å². The summed E-state index contributed by atoms with van der Waals surface area (Å²) in [6.07, 6.45) is 0.705. The maximum Gasteiger partial charge on any atom is 0.261 e. The van der Waals surface area contributed by atoms with E-state index in [0.29, 0.717) is 24.1 Å². The first kappa shape index (κ1) is 16.7. The fourth-order valence-corrected chi connectivity index (χ4v) is 3.81. The van der Waals surface area contributed by atoms with Crippen molar-refractivity contribution < 1.29 is 14.3 Å². The number of carbonyl (C=O) groups excluding carboxylic acids is 2. The Bertz CT molecular complexity index is 964. The monoisotopic (exact) mass is 367 g/mol. The van der Waals surface area contributed by atoms with E-state index in [4.69, 9.17) is 4.74 Å². The van der Waals surface area contributed by atoms with E-state index in [1.807, 2.05) is 18.2 Å². The van der Waals surface area contributed by atoms with Crippen molar-refractivity contribution in [3.63, 3.8) is 0 Å². The predicted octanol–water partition coefficient (Wildman–Crippen LogP) is 3.35. The van der Waals surface area contributed by atoms with Crippen LogP contribution in [0.3, 0.4) is 0 Å². The van der Waals surface area contributed by atoms with Crippen LogP contribution < -0.4 is 4.74 Å². The number of nitrogens with one attached hydrogen (secondary N) is 1. The summed E-state index contributed by atoms with van der Waals surface area (Å²) >= 11 is 1.57. The lowest BCUT2D eigenvalue weighted by atomic mass is 10.1. The SMILES string of the molecule is COc1ccc2nc(SCCCN3C(=O)c4ccccc4C3=O)[nH]c2c1. The van der Waals surface area contributed by atoms with E-state index in [2.05, 4.69) is 9.97 Å². The van der Waals surface area contributed by atoms with Crippen LogP contribution in [0.2, 0.25) is 0 Å². The zero-order chi connectivity index (χ0) is 18.1. The number of aromatic nitrogens is 2. The lowest BCUT2D eigenvalue weighted by molar-refractivity contribution is 0.0655. The smallest absolute Gasteiger partial charge is 0.261 e. The highest BCUT2D eigenvalue weighted by molar-refractivity contribution is 7.99. The topological polar surface area (TPSA) is 75.3 Å². The molecule has 6 nitrogen and oxygen atoms in total. The summed E-state index contributed by atoms with van der Waals surface area (Å²) in [7, 11) is 1.63. The Morgan fingerprint density at radius 1 is 1.12 bits per heavy atom. The first-order chi connectivity index (χ1) is 12.7. The van der Waals surface area contributed by atoms with E-state index < -0.39 is 0 Å². The molecule has 0 radical (unpaired) electrons.